The van der Waals surface area contributed by atoms with E-state index in [9.17, 15) is 13.5 Å². The lowest BCUT2D eigenvalue weighted by molar-refractivity contribution is 0.274. The summed E-state index contributed by atoms with van der Waals surface area (Å²) < 4.78 is 23.0. The zero-order chi connectivity index (χ0) is 9.90. The Morgan fingerprint density at radius 3 is 2.31 bits per heavy atom. The summed E-state index contributed by atoms with van der Waals surface area (Å²) in [4.78, 5) is 0.141. The number of benzene rings is 1. The van der Waals surface area contributed by atoms with E-state index in [0.717, 1.165) is 0 Å². The number of hydrogen-bond donors (Lipinski definition) is 1. The van der Waals surface area contributed by atoms with Crippen LogP contribution in [-0.2, 0) is 9.84 Å². The Kier molecular flexibility index (Phi) is 3.47. The fraction of sp³-hybridized carbons (Fsp3) is 0.250. The first-order valence-corrected chi connectivity index (χ1v) is 6.29. The Balaban J connectivity index is 3.09. The fourth-order valence-corrected chi connectivity index (χ4v) is 2.91. The molecule has 0 aliphatic heterocycles. The molecule has 0 bridgehead atoms. The van der Waals surface area contributed by atoms with Crippen molar-refractivity contribution >= 4 is 25.8 Å². The van der Waals surface area contributed by atoms with Gasteiger partial charge in [-0.05, 0) is 12.1 Å². The fourth-order valence-electron chi connectivity index (χ4n) is 0.850. The van der Waals surface area contributed by atoms with Gasteiger partial charge in [-0.2, -0.15) is 0 Å². The van der Waals surface area contributed by atoms with Crippen molar-refractivity contribution < 1.29 is 13.5 Å². The van der Waals surface area contributed by atoms with Gasteiger partial charge in [0.05, 0.1) is 4.90 Å². The standard InChI is InChI=1S/C8H9BrO3S/c9-6-8(10)13(11,12)7-4-2-1-3-5-7/h1-5,8,10H,6H2/t8-/m1/s1. The van der Waals surface area contributed by atoms with E-state index in [1.54, 1.807) is 18.2 Å². The van der Waals surface area contributed by atoms with Crippen LogP contribution < -0.4 is 0 Å². The molecule has 0 heterocycles. The zero-order valence-electron chi connectivity index (χ0n) is 6.72. The second-order valence-corrected chi connectivity index (χ2v) is 5.22. The Morgan fingerprint density at radius 2 is 1.85 bits per heavy atom. The Labute approximate surface area is 85.4 Å². The Hall–Kier alpha value is -0.390. The molecule has 72 valence electrons. The highest BCUT2D eigenvalue weighted by Gasteiger charge is 2.23. The summed E-state index contributed by atoms with van der Waals surface area (Å²) in [7, 11) is -3.58. The highest BCUT2D eigenvalue weighted by molar-refractivity contribution is 9.09. The minimum Gasteiger partial charge on any atom is -0.376 e. The van der Waals surface area contributed by atoms with E-state index in [4.69, 9.17) is 0 Å². The van der Waals surface area contributed by atoms with Crippen LogP contribution in [0.4, 0.5) is 0 Å². The molecule has 1 aromatic rings. The van der Waals surface area contributed by atoms with Gasteiger partial charge in [0.25, 0.3) is 0 Å². The molecule has 0 saturated heterocycles. The van der Waals surface area contributed by atoms with Crippen LogP contribution in [0, 0.1) is 0 Å². The van der Waals surface area contributed by atoms with Crippen molar-refractivity contribution in [2.24, 2.45) is 0 Å². The van der Waals surface area contributed by atoms with Gasteiger partial charge >= 0.3 is 0 Å². The van der Waals surface area contributed by atoms with Crippen LogP contribution in [-0.4, -0.2) is 24.3 Å². The molecule has 0 saturated carbocycles. The third-order valence-electron chi connectivity index (χ3n) is 1.56. The van der Waals surface area contributed by atoms with Crippen LogP contribution >= 0.6 is 15.9 Å². The third-order valence-corrected chi connectivity index (χ3v) is 4.42. The quantitative estimate of drug-likeness (QED) is 0.835. The first kappa shape index (κ1) is 10.7. The largest absolute Gasteiger partial charge is 0.376 e. The molecule has 1 rings (SSSR count). The van der Waals surface area contributed by atoms with Crippen molar-refractivity contribution in [2.45, 2.75) is 10.3 Å². The van der Waals surface area contributed by atoms with Crippen molar-refractivity contribution in [3.8, 4) is 0 Å². The minimum absolute atomic E-state index is 0.0181. The van der Waals surface area contributed by atoms with E-state index in [1.807, 2.05) is 0 Å². The van der Waals surface area contributed by atoms with Crippen molar-refractivity contribution in [1.29, 1.82) is 0 Å². The molecule has 0 spiro atoms. The summed E-state index contributed by atoms with van der Waals surface area (Å²) in [5.41, 5.74) is -1.38. The van der Waals surface area contributed by atoms with Crippen LogP contribution in [0.1, 0.15) is 0 Å². The lowest BCUT2D eigenvalue weighted by Crippen LogP contribution is -2.22. The summed E-state index contributed by atoms with van der Waals surface area (Å²) >= 11 is 2.92. The number of aliphatic hydroxyl groups excluding tert-OH is 1. The number of alkyl halides is 1. The highest BCUT2D eigenvalue weighted by atomic mass is 79.9. The van der Waals surface area contributed by atoms with Gasteiger partial charge in [0.1, 0.15) is 0 Å². The van der Waals surface area contributed by atoms with Gasteiger partial charge in [0, 0.05) is 5.33 Å². The summed E-state index contributed by atoms with van der Waals surface area (Å²) in [6, 6.07) is 7.88. The molecule has 0 amide bonds. The van der Waals surface area contributed by atoms with E-state index < -0.39 is 15.3 Å². The molecule has 1 atom stereocenters. The summed E-state index contributed by atoms with van der Waals surface area (Å²) in [6.07, 6.45) is 0. The second-order valence-electron chi connectivity index (χ2n) is 2.47. The van der Waals surface area contributed by atoms with Gasteiger partial charge in [0.15, 0.2) is 5.44 Å². The van der Waals surface area contributed by atoms with Crippen molar-refractivity contribution in [1.82, 2.24) is 0 Å². The topological polar surface area (TPSA) is 54.4 Å². The van der Waals surface area contributed by atoms with Crippen molar-refractivity contribution in [3.63, 3.8) is 0 Å². The maximum absolute atomic E-state index is 11.5. The molecule has 1 aromatic carbocycles. The molecule has 0 radical (unpaired) electrons. The summed E-state index contributed by atoms with van der Waals surface area (Å²) in [5, 5.41) is 9.22. The average molecular weight is 265 g/mol. The predicted octanol–water partition coefficient (Wildman–Crippen LogP) is 1.17. The molecular formula is C8H9BrO3S. The van der Waals surface area contributed by atoms with E-state index >= 15 is 0 Å². The van der Waals surface area contributed by atoms with E-state index in [-0.39, 0.29) is 10.2 Å². The average Bonchev–Trinajstić information content (AvgIpc) is 2.18. The summed E-state index contributed by atoms with van der Waals surface area (Å²) in [6.45, 7) is 0. The molecule has 0 aliphatic rings. The van der Waals surface area contributed by atoms with Crippen LogP contribution in [0.15, 0.2) is 35.2 Å². The van der Waals surface area contributed by atoms with Gasteiger partial charge in [0.2, 0.25) is 9.84 Å². The van der Waals surface area contributed by atoms with Crippen molar-refractivity contribution in [2.75, 3.05) is 5.33 Å². The highest BCUT2D eigenvalue weighted by Crippen LogP contribution is 2.14. The van der Waals surface area contributed by atoms with Gasteiger partial charge in [-0.25, -0.2) is 8.42 Å². The molecule has 1 N–H and O–H groups in total. The van der Waals surface area contributed by atoms with Crippen LogP contribution in [0.3, 0.4) is 0 Å². The lowest BCUT2D eigenvalue weighted by atomic mass is 10.4. The van der Waals surface area contributed by atoms with E-state index in [0.29, 0.717) is 0 Å². The van der Waals surface area contributed by atoms with Crippen LogP contribution in [0.5, 0.6) is 0 Å². The van der Waals surface area contributed by atoms with Gasteiger partial charge in [-0.1, -0.05) is 34.1 Å². The monoisotopic (exact) mass is 264 g/mol. The van der Waals surface area contributed by atoms with E-state index in [1.165, 1.54) is 12.1 Å². The summed E-state index contributed by atoms with van der Waals surface area (Å²) in [5.74, 6) is 0. The molecule has 5 heteroatoms. The molecular weight excluding hydrogens is 256 g/mol. The Bertz CT molecular complexity index is 360. The number of hydrogen-bond acceptors (Lipinski definition) is 3. The SMILES string of the molecule is O=S(=O)(c1ccccc1)[C@@H](O)CBr. The maximum atomic E-state index is 11.5. The third kappa shape index (κ3) is 2.30. The predicted molar refractivity (Wildman–Crippen MR) is 53.4 cm³/mol. The number of halogens is 1. The van der Waals surface area contributed by atoms with Crippen LogP contribution in [0.25, 0.3) is 0 Å². The second kappa shape index (κ2) is 4.21. The van der Waals surface area contributed by atoms with E-state index in [2.05, 4.69) is 15.9 Å². The molecule has 0 fully saturated rings. The molecule has 0 aliphatic carbocycles. The number of aliphatic hydroxyl groups is 1. The van der Waals surface area contributed by atoms with Gasteiger partial charge < -0.3 is 5.11 Å². The number of sulfone groups is 1. The zero-order valence-corrected chi connectivity index (χ0v) is 9.12. The molecule has 3 nitrogen and oxygen atoms in total. The normalized spacial score (nSPS) is 14.0. The Morgan fingerprint density at radius 1 is 1.31 bits per heavy atom. The van der Waals surface area contributed by atoms with Gasteiger partial charge in [-0.15, -0.1) is 0 Å². The van der Waals surface area contributed by atoms with Crippen molar-refractivity contribution in [3.05, 3.63) is 30.3 Å². The molecule has 13 heavy (non-hydrogen) atoms. The molecule has 0 aromatic heterocycles. The van der Waals surface area contributed by atoms with Gasteiger partial charge in [-0.3, -0.25) is 0 Å². The lowest BCUT2D eigenvalue weighted by Gasteiger charge is -2.08. The number of rotatable bonds is 3. The minimum atomic E-state index is -3.58. The first-order chi connectivity index (χ1) is 6.09. The first-order valence-electron chi connectivity index (χ1n) is 3.62. The van der Waals surface area contributed by atoms with Crippen LogP contribution in [0.2, 0.25) is 0 Å². The molecule has 0 unspecified atom stereocenters. The smallest absolute Gasteiger partial charge is 0.205 e. The maximum Gasteiger partial charge on any atom is 0.205 e.